The number of benzene rings is 1. The molecule has 1 amide bonds. The number of hydrogen-bond donors (Lipinski definition) is 3. The molecule has 2 aromatic rings. The van der Waals surface area contributed by atoms with Gasteiger partial charge < -0.3 is 20.0 Å². The predicted molar refractivity (Wildman–Crippen MR) is 67.9 cm³/mol. The lowest BCUT2D eigenvalue weighted by molar-refractivity contribution is -0.141. The average molecular weight is 263 g/mol. The molecule has 0 aliphatic carbocycles. The van der Waals surface area contributed by atoms with Crippen molar-refractivity contribution in [2.75, 3.05) is 13.2 Å². The molecule has 7 nitrogen and oxygen atoms in total. The van der Waals surface area contributed by atoms with E-state index < -0.39 is 11.9 Å². The van der Waals surface area contributed by atoms with Crippen molar-refractivity contribution >= 4 is 22.9 Å². The van der Waals surface area contributed by atoms with Gasteiger partial charge in [0.1, 0.15) is 6.54 Å². The molecule has 0 unspecified atom stereocenters. The summed E-state index contributed by atoms with van der Waals surface area (Å²) in [7, 11) is 0. The largest absolute Gasteiger partial charge is 0.465 e. The van der Waals surface area contributed by atoms with Crippen LogP contribution in [0.4, 0.5) is 0 Å². The first-order chi connectivity index (χ1) is 9.10. The summed E-state index contributed by atoms with van der Waals surface area (Å²) in [5, 5.41) is 2.44. The van der Waals surface area contributed by atoms with Gasteiger partial charge in [-0.15, -0.1) is 0 Å². The number of ether oxygens (including phenoxy) is 1. The van der Waals surface area contributed by atoms with E-state index in [9.17, 15) is 14.4 Å². The smallest absolute Gasteiger partial charge is 0.325 e. The van der Waals surface area contributed by atoms with Crippen LogP contribution < -0.4 is 11.0 Å². The number of imidazole rings is 1. The van der Waals surface area contributed by atoms with Gasteiger partial charge in [-0.1, -0.05) is 0 Å². The number of nitrogens with one attached hydrogen (secondary N) is 3. The minimum absolute atomic E-state index is 0.186. The Balaban J connectivity index is 2.08. The Kier molecular flexibility index (Phi) is 3.65. The molecule has 1 aromatic carbocycles. The number of aromatic nitrogens is 2. The number of amides is 1. The van der Waals surface area contributed by atoms with Crippen molar-refractivity contribution in [1.82, 2.24) is 15.3 Å². The standard InChI is InChI=1S/C12H13N3O4/c1-2-19-10(16)6-13-11(17)7-3-4-8-9(5-7)15-12(18)14-8/h3-5H,2,6H2,1H3,(H,13,17)(H2,14,15,18). The molecule has 2 rings (SSSR count). The molecule has 100 valence electrons. The summed E-state index contributed by atoms with van der Waals surface area (Å²) in [5.74, 6) is -0.899. The van der Waals surface area contributed by atoms with Crippen LogP contribution in [0, 0.1) is 0 Å². The monoisotopic (exact) mass is 263 g/mol. The minimum Gasteiger partial charge on any atom is -0.465 e. The second-order valence-electron chi connectivity index (χ2n) is 3.83. The van der Waals surface area contributed by atoms with Crippen LogP contribution in [0.15, 0.2) is 23.0 Å². The molecule has 0 saturated carbocycles. The summed E-state index contributed by atoms with van der Waals surface area (Å²) in [6, 6.07) is 4.72. The zero-order valence-corrected chi connectivity index (χ0v) is 10.3. The third-order valence-corrected chi connectivity index (χ3v) is 2.48. The summed E-state index contributed by atoms with van der Waals surface area (Å²) >= 11 is 0. The summed E-state index contributed by atoms with van der Waals surface area (Å²) < 4.78 is 4.70. The number of fused-ring (bicyclic) bond motifs is 1. The predicted octanol–water partition coefficient (Wildman–Crippen LogP) is 0.149. The van der Waals surface area contributed by atoms with E-state index in [1.54, 1.807) is 19.1 Å². The first-order valence-electron chi connectivity index (χ1n) is 5.76. The third-order valence-electron chi connectivity index (χ3n) is 2.48. The SMILES string of the molecule is CCOC(=O)CNC(=O)c1ccc2[nH]c(=O)[nH]c2c1. The van der Waals surface area contributed by atoms with Gasteiger partial charge in [0.25, 0.3) is 5.91 Å². The van der Waals surface area contributed by atoms with Gasteiger partial charge in [0.15, 0.2) is 0 Å². The average Bonchev–Trinajstić information content (AvgIpc) is 2.75. The number of hydrogen-bond acceptors (Lipinski definition) is 4. The molecule has 3 N–H and O–H groups in total. The summed E-state index contributed by atoms with van der Waals surface area (Å²) in [4.78, 5) is 39.1. The number of rotatable bonds is 4. The van der Waals surface area contributed by atoms with Crippen LogP contribution in [0.2, 0.25) is 0 Å². The fourth-order valence-corrected chi connectivity index (χ4v) is 1.64. The molecule has 0 bridgehead atoms. The Morgan fingerprint density at radius 1 is 1.26 bits per heavy atom. The Morgan fingerprint density at radius 3 is 2.74 bits per heavy atom. The normalized spacial score (nSPS) is 10.4. The zero-order valence-electron chi connectivity index (χ0n) is 10.3. The van der Waals surface area contributed by atoms with E-state index in [-0.39, 0.29) is 18.8 Å². The molecular formula is C12H13N3O4. The van der Waals surface area contributed by atoms with Crippen LogP contribution in [0.1, 0.15) is 17.3 Å². The Morgan fingerprint density at radius 2 is 2.00 bits per heavy atom. The quantitative estimate of drug-likeness (QED) is 0.683. The molecule has 0 fully saturated rings. The van der Waals surface area contributed by atoms with E-state index in [0.29, 0.717) is 16.6 Å². The van der Waals surface area contributed by atoms with Gasteiger partial charge in [0, 0.05) is 5.56 Å². The molecule has 1 heterocycles. The second-order valence-corrected chi connectivity index (χ2v) is 3.83. The number of carbonyl (C=O) groups is 2. The van der Waals surface area contributed by atoms with Crippen molar-refractivity contribution in [3.63, 3.8) is 0 Å². The third kappa shape index (κ3) is 3.01. The van der Waals surface area contributed by atoms with Crippen LogP contribution >= 0.6 is 0 Å². The van der Waals surface area contributed by atoms with Gasteiger partial charge in [-0.25, -0.2) is 4.79 Å². The van der Waals surface area contributed by atoms with Gasteiger partial charge in [0.2, 0.25) is 0 Å². The Labute approximate surface area is 108 Å². The Bertz CT molecular complexity index is 671. The van der Waals surface area contributed by atoms with Gasteiger partial charge in [-0.05, 0) is 25.1 Å². The maximum atomic E-state index is 11.8. The first kappa shape index (κ1) is 12.9. The van der Waals surface area contributed by atoms with Crippen molar-refractivity contribution in [2.45, 2.75) is 6.92 Å². The number of carbonyl (C=O) groups excluding carboxylic acids is 2. The molecule has 1 aromatic heterocycles. The van der Waals surface area contributed by atoms with Crippen LogP contribution in [-0.4, -0.2) is 35.0 Å². The van der Waals surface area contributed by atoms with E-state index in [0.717, 1.165) is 0 Å². The van der Waals surface area contributed by atoms with Crippen molar-refractivity contribution in [3.05, 3.63) is 34.2 Å². The second kappa shape index (κ2) is 5.38. The zero-order chi connectivity index (χ0) is 13.8. The summed E-state index contributed by atoms with van der Waals surface area (Å²) in [6.07, 6.45) is 0. The Hall–Kier alpha value is -2.57. The molecular weight excluding hydrogens is 250 g/mol. The maximum Gasteiger partial charge on any atom is 0.325 e. The molecule has 19 heavy (non-hydrogen) atoms. The van der Waals surface area contributed by atoms with Crippen molar-refractivity contribution in [3.8, 4) is 0 Å². The topological polar surface area (TPSA) is 104 Å². The van der Waals surface area contributed by atoms with E-state index in [1.165, 1.54) is 6.07 Å². The van der Waals surface area contributed by atoms with E-state index >= 15 is 0 Å². The molecule has 0 saturated heterocycles. The highest BCUT2D eigenvalue weighted by Gasteiger charge is 2.09. The number of H-pyrrole nitrogens is 2. The van der Waals surface area contributed by atoms with Crippen LogP contribution in [-0.2, 0) is 9.53 Å². The maximum absolute atomic E-state index is 11.8. The van der Waals surface area contributed by atoms with Crippen LogP contribution in [0.5, 0.6) is 0 Å². The number of esters is 1. The highest BCUT2D eigenvalue weighted by atomic mass is 16.5. The van der Waals surface area contributed by atoms with E-state index in [4.69, 9.17) is 4.74 Å². The molecule has 0 radical (unpaired) electrons. The van der Waals surface area contributed by atoms with Crippen molar-refractivity contribution in [1.29, 1.82) is 0 Å². The van der Waals surface area contributed by atoms with Gasteiger partial charge in [0.05, 0.1) is 17.6 Å². The van der Waals surface area contributed by atoms with Crippen molar-refractivity contribution in [2.24, 2.45) is 0 Å². The van der Waals surface area contributed by atoms with E-state index in [1.807, 2.05) is 0 Å². The lowest BCUT2D eigenvalue weighted by Gasteiger charge is -2.04. The minimum atomic E-state index is -0.494. The van der Waals surface area contributed by atoms with Crippen LogP contribution in [0.25, 0.3) is 11.0 Å². The highest BCUT2D eigenvalue weighted by Crippen LogP contribution is 2.09. The van der Waals surface area contributed by atoms with Gasteiger partial charge in [-0.2, -0.15) is 0 Å². The van der Waals surface area contributed by atoms with Crippen molar-refractivity contribution < 1.29 is 14.3 Å². The fourth-order valence-electron chi connectivity index (χ4n) is 1.64. The lowest BCUT2D eigenvalue weighted by atomic mass is 10.2. The molecule has 0 aliphatic rings. The fraction of sp³-hybridized carbons (Fsp3) is 0.250. The first-order valence-corrected chi connectivity index (χ1v) is 5.76. The summed E-state index contributed by atoms with van der Waals surface area (Å²) in [5.41, 5.74) is 1.17. The van der Waals surface area contributed by atoms with Crippen LogP contribution in [0.3, 0.4) is 0 Å². The highest BCUT2D eigenvalue weighted by molar-refractivity contribution is 5.98. The van der Waals surface area contributed by atoms with E-state index in [2.05, 4.69) is 15.3 Å². The summed E-state index contributed by atoms with van der Waals surface area (Å²) in [6.45, 7) is 1.77. The number of aromatic amines is 2. The van der Waals surface area contributed by atoms with Gasteiger partial charge >= 0.3 is 11.7 Å². The molecule has 0 spiro atoms. The molecule has 0 atom stereocenters. The lowest BCUT2D eigenvalue weighted by Crippen LogP contribution is -2.30. The molecule has 7 heteroatoms. The molecule has 0 aliphatic heterocycles. The van der Waals surface area contributed by atoms with Gasteiger partial charge in [-0.3, -0.25) is 9.59 Å².